The van der Waals surface area contributed by atoms with Crippen LogP contribution in [0.25, 0.3) is 129 Å². The first-order chi connectivity index (χ1) is 29.2. The van der Waals surface area contributed by atoms with Gasteiger partial charge in [-0.2, -0.15) is 0 Å². The maximum atomic E-state index is 2.45. The molecule has 0 spiro atoms. The number of hydrogen-bond donors (Lipinski definition) is 0. The third-order valence-electron chi connectivity index (χ3n) is 12.8. The molecule has 13 rings (SSSR count). The molecule has 0 aliphatic rings. The van der Waals surface area contributed by atoms with Crippen molar-refractivity contribution in [3.63, 3.8) is 0 Å². The standard InChI is InChI=1S/C58H34S/c1-2-13-35(14-3-1)50-33-52-47-23-9-7-21-45(47)51(34-53(52)46-22-8-6-20-44(46)50)39-16-12-15-36(29-39)37-25-26-38-32-56-54(31-40(38)30-37)58-55(59-56)28-27-49-43-19-5-4-17-41(43)42-18-10-11-24-48(42)57(49)58/h1-34H. The van der Waals surface area contributed by atoms with E-state index in [0.717, 1.165) is 0 Å². The van der Waals surface area contributed by atoms with Crippen LogP contribution in [-0.2, 0) is 0 Å². The van der Waals surface area contributed by atoms with E-state index in [1.807, 2.05) is 11.3 Å². The third-order valence-corrected chi connectivity index (χ3v) is 13.9. The molecule has 1 aromatic heterocycles. The zero-order valence-electron chi connectivity index (χ0n) is 32.0. The van der Waals surface area contributed by atoms with E-state index in [2.05, 4.69) is 206 Å². The van der Waals surface area contributed by atoms with Gasteiger partial charge >= 0.3 is 0 Å². The van der Waals surface area contributed by atoms with Crippen LogP contribution in [0, 0.1) is 0 Å². The smallest absolute Gasteiger partial charge is 0.0362 e. The monoisotopic (exact) mass is 762 g/mol. The Morgan fingerprint density at radius 1 is 0.220 bits per heavy atom. The lowest BCUT2D eigenvalue weighted by molar-refractivity contribution is 1.63. The normalized spacial score (nSPS) is 12.1. The van der Waals surface area contributed by atoms with Crippen LogP contribution in [0.3, 0.4) is 0 Å². The molecule has 0 amide bonds. The molecule has 0 fully saturated rings. The second-order valence-corrected chi connectivity index (χ2v) is 17.0. The Hall–Kier alpha value is -7.32. The van der Waals surface area contributed by atoms with E-state index in [4.69, 9.17) is 0 Å². The number of thiophene rings is 1. The minimum Gasteiger partial charge on any atom is -0.135 e. The molecule has 1 heterocycles. The molecule has 1 heteroatoms. The summed E-state index contributed by atoms with van der Waals surface area (Å²) in [5.74, 6) is 0. The van der Waals surface area contributed by atoms with Crippen LogP contribution in [0.4, 0.5) is 0 Å². The minimum absolute atomic E-state index is 1.22. The molecule has 13 aromatic rings. The van der Waals surface area contributed by atoms with E-state index in [1.165, 1.54) is 129 Å². The number of hydrogen-bond acceptors (Lipinski definition) is 1. The molecule has 0 aliphatic heterocycles. The molecular weight excluding hydrogens is 729 g/mol. The molecule has 0 N–H and O–H groups in total. The first kappa shape index (κ1) is 32.7. The third kappa shape index (κ3) is 4.89. The number of fused-ring (bicyclic) bond motifs is 16. The number of benzene rings is 12. The summed E-state index contributed by atoms with van der Waals surface area (Å²) in [7, 11) is 0. The largest absolute Gasteiger partial charge is 0.135 e. The first-order valence-corrected chi connectivity index (χ1v) is 21.2. The van der Waals surface area contributed by atoms with E-state index in [0.29, 0.717) is 0 Å². The fraction of sp³-hybridized carbons (Fsp3) is 0. The van der Waals surface area contributed by atoms with E-state index in [-0.39, 0.29) is 0 Å². The summed E-state index contributed by atoms with van der Waals surface area (Å²) in [6.07, 6.45) is 0. The van der Waals surface area contributed by atoms with Gasteiger partial charge in [0.2, 0.25) is 0 Å². The van der Waals surface area contributed by atoms with Crippen LogP contribution >= 0.6 is 11.3 Å². The summed E-state index contributed by atoms with van der Waals surface area (Å²) < 4.78 is 2.67. The average Bonchev–Trinajstić information content (AvgIpc) is 3.67. The highest BCUT2D eigenvalue weighted by atomic mass is 32.1. The lowest BCUT2D eigenvalue weighted by atomic mass is 9.87. The second kappa shape index (κ2) is 12.6. The highest BCUT2D eigenvalue weighted by molar-refractivity contribution is 7.26. The highest BCUT2D eigenvalue weighted by Crippen LogP contribution is 2.46. The molecule has 0 atom stereocenters. The van der Waals surface area contributed by atoms with Crippen molar-refractivity contribution in [2.75, 3.05) is 0 Å². The van der Waals surface area contributed by atoms with Crippen molar-refractivity contribution in [1.82, 2.24) is 0 Å². The molecule has 272 valence electrons. The van der Waals surface area contributed by atoms with Crippen molar-refractivity contribution < 1.29 is 0 Å². The molecule has 0 saturated carbocycles. The van der Waals surface area contributed by atoms with Gasteiger partial charge in [-0.3, -0.25) is 0 Å². The lowest BCUT2D eigenvalue weighted by Crippen LogP contribution is -1.89. The van der Waals surface area contributed by atoms with Crippen molar-refractivity contribution in [2.45, 2.75) is 0 Å². The van der Waals surface area contributed by atoms with Crippen LogP contribution in [0.2, 0.25) is 0 Å². The summed E-state index contributed by atoms with van der Waals surface area (Å²) >= 11 is 1.91. The van der Waals surface area contributed by atoms with Crippen LogP contribution in [0.1, 0.15) is 0 Å². The van der Waals surface area contributed by atoms with E-state index >= 15 is 0 Å². The quantitative estimate of drug-likeness (QED) is 0.157. The van der Waals surface area contributed by atoms with Gasteiger partial charge in [-0.1, -0.05) is 164 Å². The Morgan fingerprint density at radius 3 is 1.41 bits per heavy atom. The Morgan fingerprint density at radius 2 is 0.729 bits per heavy atom. The Bertz CT molecular complexity index is 3850. The SMILES string of the molecule is c1ccc(-c2cc3c4ccccc4c(-c4cccc(-c5ccc6cc7sc8ccc9c%10ccccc%10c%10ccccc%10c9c8c7cc6c5)c4)cc3c3ccccc23)cc1. The second-order valence-electron chi connectivity index (χ2n) is 15.9. The Kier molecular flexibility index (Phi) is 6.98. The van der Waals surface area contributed by atoms with Gasteiger partial charge in [0.05, 0.1) is 0 Å². The molecule has 0 unspecified atom stereocenters. The van der Waals surface area contributed by atoms with Gasteiger partial charge < -0.3 is 0 Å². The van der Waals surface area contributed by atoms with Crippen LogP contribution in [0.15, 0.2) is 206 Å². The Balaban J connectivity index is 0.999. The van der Waals surface area contributed by atoms with Gasteiger partial charge in [0, 0.05) is 20.2 Å². The summed E-state index contributed by atoms with van der Waals surface area (Å²) in [6, 6.07) is 77.0. The summed E-state index contributed by atoms with van der Waals surface area (Å²) in [5, 5.41) is 20.8. The molecule has 0 aliphatic carbocycles. The van der Waals surface area contributed by atoms with Crippen molar-refractivity contribution >= 4 is 107 Å². The topological polar surface area (TPSA) is 0 Å². The van der Waals surface area contributed by atoms with E-state index < -0.39 is 0 Å². The van der Waals surface area contributed by atoms with Gasteiger partial charge in [0.1, 0.15) is 0 Å². The van der Waals surface area contributed by atoms with Gasteiger partial charge in [-0.15, -0.1) is 11.3 Å². The summed E-state index contributed by atoms with van der Waals surface area (Å²) in [5.41, 5.74) is 7.43. The van der Waals surface area contributed by atoms with Gasteiger partial charge in [-0.05, 0) is 151 Å². The maximum Gasteiger partial charge on any atom is 0.0362 e. The lowest BCUT2D eigenvalue weighted by Gasteiger charge is -2.16. The molecule has 0 nitrogen and oxygen atoms in total. The summed E-state index contributed by atoms with van der Waals surface area (Å²) in [6.45, 7) is 0. The van der Waals surface area contributed by atoms with Crippen molar-refractivity contribution in [2.24, 2.45) is 0 Å². The van der Waals surface area contributed by atoms with Crippen LogP contribution < -0.4 is 0 Å². The predicted molar refractivity (Wildman–Crippen MR) is 258 cm³/mol. The van der Waals surface area contributed by atoms with Crippen molar-refractivity contribution in [1.29, 1.82) is 0 Å². The van der Waals surface area contributed by atoms with Gasteiger partial charge in [0.25, 0.3) is 0 Å². The average molecular weight is 763 g/mol. The van der Waals surface area contributed by atoms with Crippen molar-refractivity contribution in [3.05, 3.63) is 206 Å². The zero-order valence-corrected chi connectivity index (χ0v) is 32.9. The highest BCUT2D eigenvalue weighted by Gasteiger charge is 2.17. The van der Waals surface area contributed by atoms with E-state index in [9.17, 15) is 0 Å². The maximum absolute atomic E-state index is 2.45. The molecule has 0 saturated heterocycles. The first-order valence-electron chi connectivity index (χ1n) is 20.4. The van der Waals surface area contributed by atoms with Crippen LogP contribution in [-0.4, -0.2) is 0 Å². The summed E-state index contributed by atoms with van der Waals surface area (Å²) in [4.78, 5) is 0. The zero-order chi connectivity index (χ0) is 38.6. The van der Waals surface area contributed by atoms with E-state index in [1.54, 1.807) is 0 Å². The molecule has 12 aromatic carbocycles. The van der Waals surface area contributed by atoms with Crippen LogP contribution in [0.5, 0.6) is 0 Å². The minimum atomic E-state index is 1.22. The van der Waals surface area contributed by atoms with Crippen molar-refractivity contribution in [3.8, 4) is 33.4 Å². The molecule has 0 radical (unpaired) electrons. The van der Waals surface area contributed by atoms with Gasteiger partial charge in [-0.25, -0.2) is 0 Å². The fourth-order valence-corrected chi connectivity index (χ4v) is 11.2. The Labute approximate surface area is 344 Å². The molecule has 0 bridgehead atoms. The predicted octanol–water partition coefficient (Wildman–Crippen LogP) is 17.1. The van der Waals surface area contributed by atoms with Gasteiger partial charge in [0.15, 0.2) is 0 Å². The fourth-order valence-electron chi connectivity index (χ4n) is 10.1. The molecule has 59 heavy (non-hydrogen) atoms. The number of rotatable bonds is 3. The molecular formula is C58H34S.